The molecule has 0 fully saturated rings. The van der Waals surface area contributed by atoms with Gasteiger partial charge in [-0.05, 0) is 23.1 Å². The van der Waals surface area contributed by atoms with Gasteiger partial charge in [0.1, 0.15) is 11.4 Å². The standard InChI is InChI=1S/C18H16F3N5OS/c19-18(20,21)15-7-13(14-4-2-6-28-14)25-16-12(10-24-26(15)16)17(27)23-9-11-3-1-5-22-8-11/h1-6,8,10,13,15,25H,7,9H2,(H,23,27)/t13-,15+/m1/s1. The minimum atomic E-state index is -4.47. The minimum Gasteiger partial charge on any atom is -0.362 e. The van der Waals surface area contributed by atoms with Crippen molar-refractivity contribution in [2.45, 2.75) is 31.2 Å². The Morgan fingerprint density at radius 1 is 1.32 bits per heavy atom. The van der Waals surface area contributed by atoms with Crippen molar-refractivity contribution < 1.29 is 18.0 Å². The first kappa shape index (κ1) is 18.5. The zero-order valence-corrected chi connectivity index (χ0v) is 15.3. The summed E-state index contributed by atoms with van der Waals surface area (Å²) < 4.78 is 41.7. The molecule has 10 heteroatoms. The molecule has 0 aliphatic carbocycles. The zero-order valence-electron chi connectivity index (χ0n) is 14.5. The average molecular weight is 407 g/mol. The van der Waals surface area contributed by atoms with E-state index < -0.39 is 24.2 Å². The highest BCUT2D eigenvalue weighted by atomic mass is 32.1. The monoisotopic (exact) mass is 407 g/mol. The van der Waals surface area contributed by atoms with Crippen LogP contribution in [0.15, 0.2) is 48.2 Å². The molecule has 0 saturated carbocycles. The Morgan fingerprint density at radius 3 is 2.86 bits per heavy atom. The van der Waals surface area contributed by atoms with E-state index >= 15 is 0 Å². The lowest BCUT2D eigenvalue weighted by molar-refractivity contribution is -0.173. The number of hydrogen-bond acceptors (Lipinski definition) is 5. The molecule has 0 spiro atoms. The fourth-order valence-electron chi connectivity index (χ4n) is 3.19. The highest BCUT2D eigenvalue weighted by molar-refractivity contribution is 7.10. The minimum absolute atomic E-state index is 0.0793. The van der Waals surface area contributed by atoms with Crippen LogP contribution in [0, 0.1) is 0 Å². The molecule has 0 aromatic carbocycles. The van der Waals surface area contributed by atoms with E-state index in [9.17, 15) is 18.0 Å². The topological polar surface area (TPSA) is 71.8 Å². The van der Waals surface area contributed by atoms with Crippen LogP contribution in [0.4, 0.5) is 19.0 Å². The fraction of sp³-hybridized carbons (Fsp3) is 0.278. The Kier molecular flexibility index (Phi) is 4.80. The van der Waals surface area contributed by atoms with Crippen LogP contribution in [0.3, 0.4) is 0 Å². The highest BCUT2D eigenvalue weighted by Gasteiger charge is 2.47. The van der Waals surface area contributed by atoms with E-state index in [1.807, 2.05) is 5.38 Å². The van der Waals surface area contributed by atoms with E-state index in [-0.39, 0.29) is 24.3 Å². The number of fused-ring (bicyclic) bond motifs is 1. The molecule has 2 N–H and O–H groups in total. The van der Waals surface area contributed by atoms with E-state index in [1.165, 1.54) is 17.5 Å². The van der Waals surface area contributed by atoms with Gasteiger partial charge in [-0.1, -0.05) is 12.1 Å². The normalized spacial score (nSPS) is 19.0. The molecule has 0 radical (unpaired) electrons. The van der Waals surface area contributed by atoms with Crippen molar-refractivity contribution in [3.63, 3.8) is 0 Å². The number of alkyl halides is 3. The zero-order chi connectivity index (χ0) is 19.7. The molecule has 3 aromatic rings. The van der Waals surface area contributed by atoms with Gasteiger partial charge >= 0.3 is 6.18 Å². The lowest BCUT2D eigenvalue weighted by Gasteiger charge is -2.33. The van der Waals surface area contributed by atoms with Gasteiger partial charge in [0.15, 0.2) is 6.04 Å². The molecular formula is C18H16F3N5OS. The molecule has 1 aliphatic heterocycles. The van der Waals surface area contributed by atoms with Gasteiger partial charge < -0.3 is 10.6 Å². The summed E-state index contributed by atoms with van der Waals surface area (Å²) in [6, 6.07) is 4.77. The molecule has 1 amide bonds. The average Bonchev–Trinajstić information content (AvgIpc) is 3.35. The molecule has 4 heterocycles. The number of anilines is 1. The van der Waals surface area contributed by atoms with Crippen LogP contribution >= 0.6 is 11.3 Å². The third kappa shape index (κ3) is 3.59. The SMILES string of the molecule is O=C(NCc1cccnc1)c1cnn2c1N[C@@H](c1cccs1)C[C@H]2C(F)(F)F. The van der Waals surface area contributed by atoms with Gasteiger partial charge in [0.2, 0.25) is 0 Å². The van der Waals surface area contributed by atoms with Gasteiger partial charge in [-0.25, -0.2) is 4.68 Å². The molecule has 146 valence electrons. The number of rotatable bonds is 4. The molecule has 1 aliphatic rings. The third-order valence-corrected chi connectivity index (χ3v) is 5.53. The molecule has 4 rings (SSSR count). The summed E-state index contributed by atoms with van der Waals surface area (Å²) in [4.78, 5) is 17.3. The predicted octanol–water partition coefficient (Wildman–Crippen LogP) is 3.93. The number of thiophene rings is 1. The number of carbonyl (C=O) groups is 1. The Morgan fingerprint density at radius 2 is 2.18 bits per heavy atom. The molecule has 2 atom stereocenters. The number of carbonyl (C=O) groups excluding carboxylic acids is 1. The first-order valence-corrected chi connectivity index (χ1v) is 9.42. The fourth-order valence-corrected chi connectivity index (χ4v) is 3.98. The van der Waals surface area contributed by atoms with E-state index in [0.29, 0.717) is 0 Å². The summed E-state index contributed by atoms with van der Waals surface area (Å²) in [5.41, 5.74) is 0.869. The molecule has 0 saturated heterocycles. The van der Waals surface area contributed by atoms with E-state index in [2.05, 4.69) is 20.7 Å². The molecule has 28 heavy (non-hydrogen) atoms. The van der Waals surface area contributed by atoms with Crippen molar-refractivity contribution in [3.05, 3.63) is 64.2 Å². The summed E-state index contributed by atoms with van der Waals surface area (Å²) in [6.07, 6.45) is -0.252. The highest BCUT2D eigenvalue weighted by Crippen LogP contribution is 2.44. The quantitative estimate of drug-likeness (QED) is 0.688. The second kappa shape index (κ2) is 7.27. The molecule has 0 unspecified atom stereocenters. The van der Waals surface area contributed by atoms with Crippen molar-refractivity contribution in [2.75, 3.05) is 5.32 Å². The second-order valence-electron chi connectivity index (χ2n) is 6.40. The number of hydrogen-bond donors (Lipinski definition) is 2. The van der Waals surface area contributed by atoms with Crippen LogP contribution in [0.2, 0.25) is 0 Å². The molecule has 6 nitrogen and oxygen atoms in total. The van der Waals surface area contributed by atoms with Crippen LogP contribution in [0.25, 0.3) is 0 Å². The predicted molar refractivity (Wildman–Crippen MR) is 98.0 cm³/mol. The maximum atomic E-state index is 13.6. The second-order valence-corrected chi connectivity index (χ2v) is 7.38. The summed E-state index contributed by atoms with van der Waals surface area (Å²) in [5.74, 6) is -0.416. The van der Waals surface area contributed by atoms with Crippen molar-refractivity contribution in [1.82, 2.24) is 20.1 Å². The number of nitrogens with one attached hydrogen (secondary N) is 2. The van der Waals surface area contributed by atoms with Crippen LogP contribution in [0.1, 0.15) is 39.3 Å². The lowest BCUT2D eigenvalue weighted by atomic mass is 10.0. The lowest BCUT2D eigenvalue weighted by Crippen LogP contribution is -2.36. The van der Waals surface area contributed by atoms with Crippen molar-refractivity contribution in [3.8, 4) is 0 Å². The Hall–Kier alpha value is -2.88. The Balaban J connectivity index is 1.61. The number of nitrogens with zero attached hydrogens (tertiary/aromatic N) is 3. The Labute approximate surface area is 162 Å². The summed E-state index contributed by atoms with van der Waals surface area (Å²) in [7, 11) is 0. The van der Waals surface area contributed by atoms with Gasteiger partial charge in [-0.2, -0.15) is 18.3 Å². The van der Waals surface area contributed by atoms with Crippen molar-refractivity contribution >= 4 is 23.1 Å². The number of pyridine rings is 1. The first-order chi connectivity index (χ1) is 13.4. The van der Waals surface area contributed by atoms with Crippen molar-refractivity contribution in [2.24, 2.45) is 0 Å². The maximum absolute atomic E-state index is 13.6. The Bertz CT molecular complexity index is 956. The van der Waals surface area contributed by atoms with Crippen LogP contribution < -0.4 is 10.6 Å². The van der Waals surface area contributed by atoms with Crippen LogP contribution in [-0.4, -0.2) is 26.8 Å². The largest absolute Gasteiger partial charge is 0.410 e. The number of amides is 1. The summed E-state index contributed by atoms with van der Waals surface area (Å²) >= 11 is 1.37. The van der Waals surface area contributed by atoms with Gasteiger partial charge in [0.05, 0.1) is 12.2 Å². The number of aromatic nitrogens is 3. The first-order valence-electron chi connectivity index (χ1n) is 8.54. The van der Waals surface area contributed by atoms with Gasteiger partial charge in [0.25, 0.3) is 5.91 Å². The molecule has 3 aromatic heterocycles. The van der Waals surface area contributed by atoms with Crippen LogP contribution in [-0.2, 0) is 6.54 Å². The summed E-state index contributed by atoms with van der Waals surface area (Å²) in [6.45, 7) is 0.217. The van der Waals surface area contributed by atoms with E-state index in [4.69, 9.17) is 0 Å². The van der Waals surface area contributed by atoms with Crippen molar-refractivity contribution in [1.29, 1.82) is 0 Å². The van der Waals surface area contributed by atoms with Gasteiger partial charge in [-0.15, -0.1) is 11.3 Å². The molecular weight excluding hydrogens is 391 g/mol. The van der Waals surface area contributed by atoms with Gasteiger partial charge in [0, 0.05) is 30.2 Å². The molecule has 0 bridgehead atoms. The third-order valence-electron chi connectivity index (χ3n) is 4.55. The smallest absolute Gasteiger partial charge is 0.362 e. The summed E-state index contributed by atoms with van der Waals surface area (Å²) in [5, 5.41) is 11.4. The maximum Gasteiger partial charge on any atom is 0.410 e. The van der Waals surface area contributed by atoms with E-state index in [1.54, 1.807) is 36.7 Å². The van der Waals surface area contributed by atoms with E-state index in [0.717, 1.165) is 15.1 Å². The van der Waals surface area contributed by atoms with Crippen LogP contribution in [0.5, 0.6) is 0 Å². The number of halogens is 3. The van der Waals surface area contributed by atoms with Gasteiger partial charge in [-0.3, -0.25) is 9.78 Å².